The summed E-state index contributed by atoms with van der Waals surface area (Å²) in [5.41, 5.74) is 5.13. The summed E-state index contributed by atoms with van der Waals surface area (Å²) in [6, 6.07) is 13.2. The maximum Gasteiger partial charge on any atom is 0.221 e. The van der Waals surface area contributed by atoms with Crippen LogP contribution in [0.25, 0.3) is 0 Å². The van der Waals surface area contributed by atoms with Crippen molar-refractivity contribution in [2.75, 3.05) is 10.7 Å². The third-order valence-corrected chi connectivity index (χ3v) is 2.48. The highest BCUT2D eigenvalue weighted by Gasteiger charge is 1.95. The van der Waals surface area contributed by atoms with Crippen LogP contribution in [-0.4, -0.2) is 12.1 Å². The topological polar surface area (TPSA) is 53.5 Å². The lowest BCUT2D eigenvalue weighted by molar-refractivity contribution is -0.114. The summed E-state index contributed by atoms with van der Waals surface area (Å²) in [6.07, 6.45) is 1.64. The van der Waals surface area contributed by atoms with Crippen LogP contribution in [-0.2, 0) is 4.79 Å². The van der Waals surface area contributed by atoms with Crippen molar-refractivity contribution in [3.63, 3.8) is 0 Å². The second-order valence-electron chi connectivity index (χ2n) is 4.18. The van der Waals surface area contributed by atoms with Gasteiger partial charge < -0.3 is 5.32 Å². The van der Waals surface area contributed by atoms with E-state index in [-0.39, 0.29) is 11.7 Å². The number of nitrogens with zero attached hydrogens (tertiary/aromatic N) is 1. The number of carbonyl (C=O) groups excluding carboxylic acids is 1. The summed E-state index contributed by atoms with van der Waals surface area (Å²) in [6.45, 7) is 1.46. The minimum Gasteiger partial charge on any atom is -0.326 e. The molecule has 0 atom stereocenters. The van der Waals surface area contributed by atoms with Crippen LogP contribution in [0.2, 0.25) is 0 Å². The summed E-state index contributed by atoms with van der Waals surface area (Å²) < 4.78 is 12.7. The van der Waals surface area contributed by atoms with E-state index in [9.17, 15) is 9.18 Å². The number of hydrazone groups is 1. The summed E-state index contributed by atoms with van der Waals surface area (Å²) in [5, 5.41) is 6.73. The Balaban J connectivity index is 1.94. The maximum atomic E-state index is 12.7. The Bertz CT molecular complexity index is 606. The van der Waals surface area contributed by atoms with Crippen molar-refractivity contribution >= 4 is 23.5 Å². The van der Waals surface area contributed by atoms with Crippen LogP contribution < -0.4 is 10.7 Å². The number of rotatable bonds is 4. The zero-order valence-corrected chi connectivity index (χ0v) is 10.9. The number of anilines is 2. The molecular formula is C15H14FN3O. The lowest BCUT2D eigenvalue weighted by Crippen LogP contribution is -2.05. The van der Waals surface area contributed by atoms with Crippen LogP contribution >= 0.6 is 0 Å². The molecule has 0 aliphatic rings. The molecule has 0 aliphatic carbocycles. The van der Waals surface area contributed by atoms with Crippen LogP contribution in [0.15, 0.2) is 53.6 Å². The molecule has 0 aromatic heterocycles. The quantitative estimate of drug-likeness (QED) is 0.662. The Kier molecular flexibility index (Phi) is 4.44. The van der Waals surface area contributed by atoms with E-state index < -0.39 is 0 Å². The molecule has 2 aromatic carbocycles. The highest BCUT2D eigenvalue weighted by Crippen LogP contribution is 2.09. The number of carbonyl (C=O) groups is 1. The average molecular weight is 271 g/mol. The fourth-order valence-corrected chi connectivity index (χ4v) is 1.56. The Morgan fingerprint density at radius 1 is 1.05 bits per heavy atom. The molecule has 0 fully saturated rings. The first kappa shape index (κ1) is 13.7. The second-order valence-corrected chi connectivity index (χ2v) is 4.18. The molecule has 2 aromatic rings. The van der Waals surface area contributed by atoms with Gasteiger partial charge in [0.1, 0.15) is 5.82 Å². The monoisotopic (exact) mass is 271 g/mol. The predicted octanol–water partition coefficient (Wildman–Crippen LogP) is 3.23. The summed E-state index contributed by atoms with van der Waals surface area (Å²) in [4.78, 5) is 10.9. The van der Waals surface area contributed by atoms with Gasteiger partial charge in [0, 0.05) is 12.6 Å². The van der Waals surface area contributed by atoms with Gasteiger partial charge in [-0.3, -0.25) is 10.2 Å². The smallest absolute Gasteiger partial charge is 0.221 e. The highest BCUT2D eigenvalue weighted by atomic mass is 19.1. The van der Waals surface area contributed by atoms with Gasteiger partial charge in [-0.2, -0.15) is 5.10 Å². The minimum atomic E-state index is -0.284. The number of nitrogens with one attached hydrogen (secondary N) is 2. The molecule has 102 valence electrons. The van der Waals surface area contributed by atoms with E-state index in [0.29, 0.717) is 5.69 Å². The molecular weight excluding hydrogens is 257 g/mol. The molecule has 0 spiro atoms. The third-order valence-electron chi connectivity index (χ3n) is 2.48. The molecule has 0 saturated carbocycles. The van der Waals surface area contributed by atoms with Crippen molar-refractivity contribution in [1.82, 2.24) is 0 Å². The van der Waals surface area contributed by atoms with Crippen molar-refractivity contribution < 1.29 is 9.18 Å². The van der Waals surface area contributed by atoms with Crippen molar-refractivity contribution in [1.29, 1.82) is 0 Å². The van der Waals surface area contributed by atoms with Gasteiger partial charge in [-0.15, -0.1) is 0 Å². The first-order chi connectivity index (χ1) is 9.63. The van der Waals surface area contributed by atoms with Crippen molar-refractivity contribution in [3.8, 4) is 0 Å². The van der Waals surface area contributed by atoms with Gasteiger partial charge in [-0.1, -0.05) is 12.1 Å². The molecule has 1 amide bonds. The number of halogens is 1. The predicted molar refractivity (Wildman–Crippen MR) is 78.4 cm³/mol. The van der Waals surface area contributed by atoms with E-state index >= 15 is 0 Å². The molecule has 0 saturated heterocycles. The Morgan fingerprint density at radius 3 is 2.25 bits per heavy atom. The first-order valence-corrected chi connectivity index (χ1v) is 6.06. The van der Waals surface area contributed by atoms with Gasteiger partial charge in [-0.25, -0.2) is 4.39 Å². The zero-order chi connectivity index (χ0) is 14.4. The molecule has 4 nitrogen and oxygen atoms in total. The van der Waals surface area contributed by atoms with Crippen molar-refractivity contribution in [3.05, 3.63) is 59.9 Å². The van der Waals surface area contributed by atoms with Crippen LogP contribution in [0.1, 0.15) is 12.5 Å². The van der Waals surface area contributed by atoms with E-state index in [1.807, 2.05) is 12.1 Å². The third kappa shape index (κ3) is 4.20. The molecule has 0 bridgehead atoms. The van der Waals surface area contributed by atoms with Gasteiger partial charge in [-0.05, 0) is 42.0 Å². The van der Waals surface area contributed by atoms with E-state index in [1.54, 1.807) is 30.5 Å². The van der Waals surface area contributed by atoms with Crippen LogP contribution in [0.4, 0.5) is 15.8 Å². The summed E-state index contributed by atoms with van der Waals surface area (Å²) >= 11 is 0. The molecule has 2 N–H and O–H groups in total. The molecule has 5 heteroatoms. The average Bonchev–Trinajstić information content (AvgIpc) is 2.42. The molecule has 0 heterocycles. The number of hydrogen-bond acceptors (Lipinski definition) is 3. The fourth-order valence-electron chi connectivity index (χ4n) is 1.56. The number of amides is 1. The van der Waals surface area contributed by atoms with E-state index in [1.165, 1.54) is 19.1 Å². The van der Waals surface area contributed by atoms with Crippen LogP contribution in [0.3, 0.4) is 0 Å². The number of hydrogen-bond donors (Lipinski definition) is 2. The van der Waals surface area contributed by atoms with E-state index in [0.717, 1.165) is 11.3 Å². The van der Waals surface area contributed by atoms with Crippen molar-refractivity contribution in [2.24, 2.45) is 5.10 Å². The van der Waals surface area contributed by atoms with Crippen LogP contribution in [0, 0.1) is 5.82 Å². The number of benzene rings is 2. The SMILES string of the molecule is CC(=O)Nc1ccc(/C=N\Nc2ccc(F)cc2)cc1. The molecule has 0 unspecified atom stereocenters. The second kappa shape index (κ2) is 6.47. The van der Waals surface area contributed by atoms with E-state index in [4.69, 9.17) is 0 Å². The Hall–Kier alpha value is -2.69. The molecule has 0 radical (unpaired) electrons. The summed E-state index contributed by atoms with van der Waals surface area (Å²) in [7, 11) is 0. The Labute approximate surface area is 116 Å². The fraction of sp³-hybridized carbons (Fsp3) is 0.0667. The maximum absolute atomic E-state index is 12.7. The lowest BCUT2D eigenvalue weighted by atomic mass is 10.2. The lowest BCUT2D eigenvalue weighted by Gasteiger charge is -2.02. The normalized spacial score (nSPS) is 10.5. The van der Waals surface area contributed by atoms with Gasteiger partial charge >= 0.3 is 0 Å². The highest BCUT2D eigenvalue weighted by molar-refractivity contribution is 5.89. The van der Waals surface area contributed by atoms with Crippen LogP contribution in [0.5, 0.6) is 0 Å². The van der Waals surface area contributed by atoms with Crippen molar-refractivity contribution in [2.45, 2.75) is 6.92 Å². The van der Waals surface area contributed by atoms with Gasteiger partial charge in [0.2, 0.25) is 5.91 Å². The van der Waals surface area contributed by atoms with E-state index in [2.05, 4.69) is 15.8 Å². The standard InChI is InChI=1S/C15H14FN3O/c1-11(20)18-14-6-2-12(3-7-14)10-17-19-15-8-4-13(16)5-9-15/h2-10,19H,1H3,(H,18,20)/b17-10-. The molecule has 2 rings (SSSR count). The van der Waals surface area contributed by atoms with Gasteiger partial charge in [0.25, 0.3) is 0 Å². The van der Waals surface area contributed by atoms with Gasteiger partial charge in [0.15, 0.2) is 0 Å². The summed E-state index contributed by atoms with van der Waals surface area (Å²) in [5.74, 6) is -0.391. The molecule has 20 heavy (non-hydrogen) atoms. The first-order valence-electron chi connectivity index (χ1n) is 6.06. The molecule has 0 aliphatic heterocycles. The van der Waals surface area contributed by atoms with Gasteiger partial charge in [0.05, 0.1) is 11.9 Å². The minimum absolute atomic E-state index is 0.107. The largest absolute Gasteiger partial charge is 0.326 e. The zero-order valence-electron chi connectivity index (χ0n) is 10.9. The Morgan fingerprint density at radius 2 is 1.65 bits per heavy atom.